The van der Waals surface area contributed by atoms with Gasteiger partial charge < -0.3 is 24.1 Å². The molecule has 4 rings (SSSR count). The molecular formula is C24H22N2O5. The number of nitrogens with one attached hydrogen (secondary N) is 1. The predicted octanol–water partition coefficient (Wildman–Crippen LogP) is 4.45. The van der Waals surface area contributed by atoms with Crippen LogP contribution in [0.1, 0.15) is 15.9 Å². The zero-order chi connectivity index (χ0) is 21.8. The van der Waals surface area contributed by atoms with Crippen LogP contribution < -0.4 is 19.5 Å². The number of fused-ring (bicyclic) bond motifs is 1. The Morgan fingerprint density at radius 1 is 0.903 bits per heavy atom. The minimum atomic E-state index is -0.223. The van der Waals surface area contributed by atoms with Gasteiger partial charge in [0.05, 0.1) is 26.7 Å². The number of aromatic nitrogens is 1. The largest absolute Gasteiger partial charge is 0.496 e. The number of rotatable bonds is 7. The van der Waals surface area contributed by atoms with Crippen molar-refractivity contribution < 1.29 is 23.5 Å². The summed E-state index contributed by atoms with van der Waals surface area (Å²) >= 11 is 0. The smallest absolute Gasteiger partial charge is 0.251 e. The van der Waals surface area contributed by atoms with E-state index in [4.69, 9.17) is 18.7 Å². The Balaban J connectivity index is 1.58. The standard InChI is InChI=1S/C24H22N2O5/c1-28-20-13-22(30-3)21(29-2)12-17(20)14-25-24(27)16-9-10-19-18(11-16)23(31-26-19)15-7-5-4-6-8-15/h4-13H,14H2,1-3H3,(H,25,27). The van der Waals surface area contributed by atoms with Crippen LogP contribution in [0.4, 0.5) is 0 Å². The van der Waals surface area contributed by atoms with Crippen molar-refractivity contribution >= 4 is 16.8 Å². The van der Waals surface area contributed by atoms with E-state index in [1.165, 1.54) is 0 Å². The van der Waals surface area contributed by atoms with Crippen LogP contribution in [0.2, 0.25) is 0 Å². The Morgan fingerprint density at radius 3 is 2.32 bits per heavy atom. The third-order valence-corrected chi connectivity index (χ3v) is 5.00. The van der Waals surface area contributed by atoms with Crippen molar-refractivity contribution in [1.29, 1.82) is 0 Å². The highest BCUT2D eigenvalue weighted by molar-refractivity contribution is 6.01. The van der Waals surface area contributed by atoms with Crippen LogP contribution in [0.15, 0.2) is 65.2 Å². The molecule has 4 aromatic rings. The van der Waals surface area contributed by atoms with Crippen molar-refractivity contribution in [2.24, 2.45) is 0 Å². The molecule has 0 atom stereocenters. The van der Waals surface area contributed by atoms with Crippen LogP contribution in [-0.4, -0.2) is 32.4 Å². The SMILES string of the molecule is COc1cc(OC)c(OC)cc1CNC(=O)c1ccc2noc(-c3ccccc3)c2c1. The first-order valence-corrected chi connectivity index (χ1v) is 9.66. The highest BCUT2D eigenvalue weighted by Crippen LogP contribution is 2.34. The van der Waals surface area contributed by atoms with Gasteiger partial charge in [0.2, 0.25) is 0 Å². The molecule has 0 saturated carbocycles. The van der Waals surface area contributed by atoms with E-state index in [-0.39, 0.29) is 12.5 Å². The molecule has 0 aliphatic carbocycles. The maximum Gasteiger partial charge on any atom is 0.251 e. The number of nitrogens with zero attached hydrogens (tertiary/aromatic N) is 1. The van der Waals surface area contributed by atoms with Crippen LogP contribution in [0.25, 0.3) is 22.2 Å². The van der Waals surface area contributed by atoms with Crippen LogP contribution in [0.5, 0.6) is 17.2 Å². The number of amides is 1. The van der Waals surface area contributed by atoms with E-state index in [0.29, 0.717) is 34.1 Å². The first kappa shape index (κ1) is 20.3. The van der Waals surface area contributed by atoms with Crippen molar-refractivity contribution in [3.8, 4) is 28.6 Å². The van der Waals surface area contributed by atoms with Crippen molar-refractivity contribution in [3.63, 3.8) is 0 Å². The summed E-state index contributed by atoms with van der Waals surface area (Å²) in [6, 6.07) is 18.5. The Morgan fingerprint density at radius 2 is 1.61 bits per heavy atom. The molecule has 7 heteroatoms. The maximum absolute atomic E-state index is 12.8. The second-order valence-corrected chi connectivity index (χ2v) is 6.81. The molecule has 158 valence electrons. The van der Waals surface area contributed by atoms with Gasteiger partial charge in [-0.25, -0.2) is 0 Å². The fourth-order valence-electron chi connectivity index (χ4n) is 3.39. The van der Waals surface area contributed by atoms with Gasteiger partial charge in [-0.2, -0.15) is 0 Å². The molecule has 1 N–H and O–H groups in total. The number of benzene rings is 3. The molecule has 7 nitrogen and oxygen atoms in total. The molecule has 0 bridgehead atoms. The number of hydrogen-bond donors (Lipinski definition) is 1. The first-order chi connectivity index (χ1) is 15.1. The minimum Gasteiger partial charge on any atom is -0.496 e. The molecule has 0 unspecified atom stereocenters. The Kier molecular flexibility index (Phi) is 5.75. The van der Waals surface area contributed by atoms with E-state index < -0.39 is 0 Å². The number of hydrogen-bond acceptors (Lipinski definition) is 6. The van der Waals surface area contributed by atoms with Gasteiger partial charge in [-0.15, -0.1) is 0 Å². The third kappa shape index (κ3) is 4.02. The first-order valence-electron chi connectivity index (χ1n) is 9.66. The molecule has 1 aromatic heterocycles. The summed E-state index contributed by atoms with van der Waals surface area (Å²) in [7, 11) is 4.69. The van der Waals surface area contributed by atoms with Crippen LogP contribution in [-0.2, 0) is 6.54 Å². The molecule has 0 radical (unpaired) electrons. The summed E-state index contributed by atoms with van der Waals surface area (Å²) in [6.07, 6.45) is 0. The number of carbonyl (C=O) groups is 1. The molecule has 0 aliphatic rings. The lowest BCUT2D eigenvalue weighted by Crippen LogP contribution is -2.23. The second-order valence-electron chi connectivity index (χ2n) is 6.81. The monoisotopic (exact) mass is 418 g/mol. The maximum atomic E-state index is 12.8. The van der Waals surface area contributed by atoms with Crippen molar-refractivity contribution in [1.82, 2.24) is 10.5 Å². The topological polar surface area (TPSA) is 82.8 Å². The molecule has 1 heterocycles. The van der Waals surface area contributed by atoms with E-state index in [0.717, 1.165) is 16.5 Å². The summed E-state index contributed by atoms with van der Waals surface area (Å²) in [4.78, 5) is 12.8. The van der Waals surface area contributed by atoms with E-state index >= 15 is 0 Å². The zero-order valence-corrected chi connectivity index (χ0v) is 17.5. The lowest BCUT2D eigenvalue weighted by molar-refractivity contribution is 0.0951. The Bertz CT molecular complexity index is 1220. The minimum absolute atomic E-state index is 0.223. The van der Waals surface area contributed by atoms with Gasteiger partial charge in [0.25, 0.3) is 5.91 Å². The van der Waals surface area contributed by atoms with Crippen molar-refractivity contribution in [2.45, 2.75) is 6.54 Å². The average molecular weight is 418 g/mol. The van der Waals surface area contributed by atoms with Gasteiger partial charge in [-0.05, 0) is 24.3 Å². The highest BCUT2D eigenvalue weighted by atomic mass is 16.5. The molecule has 0 fully saturated rings. The summed E-state index contributed by atoms with van der Waals surface area (Å²) in [5.74, 6) is 2.12. The van der Waals surface area contributed by atoms with Crippen LogP contribution in [0, 0.1) is 0 Å². The van der Waals surface area contributed by atoms with E-state index in [9.17, 15) is 4.79 Å². The third-order valence-electron chi connectivity index (χ3n) is 5.00. The normalized spacial score (nSPS) is 10.7. The molecule has 0 saturated heterocycles. The average Bonchev–Trinajstić information content (AvgIpc) is 3.25. The van der Waals surface area contributed by atoms with Gasteiger partial charge >= 0.3 is 0 Å². The molecule has 0 spiro atoms. The second kappa shape index (κ2) is 8.79. The quantitative estimate of drug-likeness (QED) is 0.477. The summed E-state index contributed by atoms with van der Waals surface area (Å²) in [6.45, 7) is 0.260. The van der Waals surface area contributed by atoms with E-state index in [1.54, 1.807) is 51.7 Å². The van der Waals surface area contributed by atoms with Crippen molar-refractivity contribution in [3.05, 3.63) is 71.8 Å². The zero-order valence-electron chi connectivity index (χ0n) is 17.5. The number of methoxy groups -OCH3 is 3. The lowest BCUT2D eigenvalue weighted by atomic mass is 10.1. The summed E-state index contributed by atoms with van der Waals surface area (Å²) in [5.41, 5.74) is 2.87. The molecular weight excluding hydrogens is 396 g/mol. The van der Waals surface area contributed by atoms with E-state index in [1.807, 2.05) is 30.3 Å². The van der Waals surface area contributed by atoms with Gasteiger partial charge in [0.15, 0.2) is 17.3 Å². The van der Waals surface area contributed by atoms with Gasteiger partial charge in [0.1, 0.15) is 11.3 Å². The van der Waals surface area contributed by atoms with Gasteiger partial charge in [-0.1, -0.05) is 35.5 Å². The highest BCUT2D eigenvalue weighted by Gasteiger charge is 2.16. The van der Waals surface area contributed by atoms with E-state index in [2.05, 4.69) is 10.5 Å². The van der Waals surface area contributed by atoms with Crippen LogP contribution in [0.3, 0.4) is 0 Å². The summed E-state index contributed by atoms with van der Waals surface area (Å²) in [5, 5.41) is 7.81. The number of carbonyl (C=O) groups excluding carboxylic acids is 1. The molecule has 3 aromatic carbocycles. The molecule has 31 heavy (non-hydrogen) atoms. The Labute approximate surface area is 179 Å². The summed E-state index contributed by atoms with van der Waals surface area (Å²) < 4.78 is 21.6. The molecule has 0 aliphatic heterocycles. The fraction of sp³-hybridized carbons (Fsp3) is 0.167. The number of ether oxygens (including phenoxy) is 3. The fourth-order valence-corrected chi connectivity index (χ4v) is 3.39. The van der Waals surface area contributed by atoms with Crippen LogP contribution >= 0.6 is 0 Å². The van der Waals surface area contributed by atoms with Crippen molar-refractivity contribution in [2.75, 3.05) is 21.3 Å². The predicted molar refractivity (Wildman–Crippen MR) is 117 cm³/mol. The Hall–Kier alpha value is -4.00. The van der Waals surface area contributed by atoms with Gasteiger partial charge in [0, 0.05) is 29.3 Å². The molecule has 1 amide bonds. The van der Waals surface area contributed by atoms with Gasteiger partial charge in [-0.3, -0.25) is 4.79 Å². The lowest BCUT2D eigenvalue weighted by Gasteiger charge is -2.14.